The van der Waals surface area contributed by atoms with Crippen molar-refractivity contribution in [3.8, 4) is 0 Å². The van der Waals surface area contributed by atoms with E-state index in [1.165, 1.54) is 83.5 Å². The van der Waals surface area contributed by atoms with Crippen molar-refractivity contribution in [1.82, 2.24) is 0 Å². The fraction of sp³-hybridized carbons (Fsp3) is 0.852. The topological polar surface area (TPSA) is 66.4 Å². The largest absolute Gasteiger partial charge is 1.00 e. The Bertz CT molecular complexity index is 492. The summed E-state index contributed by atoms with van der Waals surface area (Å²) in [4.78, 5) is 23.4. The van der Waals surface area contributed by atoms with Crippen molar-refractivity contribution in [1.29, 1.82) is 0 Å². The van der Waals surface area contributed by atoms with Crippen LogP contribution in [0.25, 0.3) is 0 Å². The first-order chi connectivity index (χ1) is 15.2. The van der Waals surface area contributed by atoms with E-state index >= 15 is 0 Å². The average molecular weight is 459 g/mol. The predicted octanol–water partition coefficient (Wildman–Crippen LogP) is 3.52. The zero-order chi connectivity index (χ0) is 22.6. The van der Waals surface area contributed by atoms with Gasteiger partial charge < -0.3 is 14.6 Å². The normalized spacial score (nSPS) is 18.4. The first-order valence-electron chi connectivity index (χ1n) is 13.2. The maximum Gasteiger partial charge on any atom is 1.00 e. The summed E-state index contributed by atoms with van der Waals surface area (Å²) < 4.78 is 5.35. The van der Waals surface area contributed by atoms with E-state index in [1.54, 1.807) is 0 Å². The number of carbonyl (C=O) groups is 2. The van der Waals surface area contributed by atoms with Crippen LogP contribution in [0.4, 0.5) is 0 Å². The number of ether oxygens (including phenoxy) is 1. The number of esters is 1. The van der Waals surface area contributed by atoms with Crippen LogP contribution in [-0.4, -0.2) is 18.5 Å². The number of rotatable bonds is 19. The van der Waals surface area contributed by atoms with Crippen molar-refractivity contribution >= 4 is 11.9 Å². The van der Waals surface area contributed by atoms with Crippen LogP contribution in [-0.2, 0) is 14.3 Å². The summed E-state index contributed by atoms with van der Waals surface area (Å²) in [5, 5.41) is 11.2. The van der Waals surface area contributed by atoms with E-state index in [0.29, 0.717) is 19.4 Å². The standard InChI is InChI=1S/C27H48O4.Na/c1-2-3-4-5-6-7-8-9-10-11-12-13-14-15-16-17-20-23-31-27(30)25-22-19-18-21-24(25)26(28)29;/h5-6,24-25H,2-4,7-23H2,1H3,(H,28,29);/q;+1/p-1/b6-5+;. The second-order valence-corrected chi connectivity index (χ2v) is 9.28. The van der Waals surface area contributed by atoms with Crippen LogP contribution >= 0.6 is 0 Å². The molecule has 1 rings (SSSR count). The summed E-state index contributed by atoms with van der Waals surface area (Å²) >= 11 is 0. The van der Waals surface area contributed by atoms with E-state index in [0.717, 1.165) is 25.7 Å². The van der Waals surface area contributed by atoms with E-state index in [4.69, 9.17) is 4.74 Å². The van der Waals surface area contributed by atoms with Gasteiger partial charge in [0.05, 0.1) is 12.5 Å². The summed E-state index contributed by atoms with van der Waals surface area (Å²) in [6, 6.07) is 0. The van der Waals surface area contributed by atoms with Crippen LogP contribution in [0.5, 0.6) is 0 Å². The number of carbonyl (C=O) groups excluding carboxylic acids is 2. The number of hydrogen-bond donors (Lipinski definition) is 0. The Balaban J connectivity index is 0.00000961. The van der Waals surface area contributed by atoms with E-state index in [-0.39, 0.29) is 35.5 Å². The second kappa shape index (κ2) is 22.5. The fourth-order valence-corrected chi connectivity index (χ4v) is 4.49. The van der Waals surface area contributed by atoms with Gasteiger partial charge in [-0.1, -0.05) is 103 Å². The minimum Gasteiger partial charge on any atom is -0.550 e. The van der Waals surface area contributed by atoms with Crippen molar-refractivity contribution < 1.29 is 49.0 Å². The molecular formula is C27H47NaO4. The molecule has 0 radical (unpaired) electrons. The number of hydrogen-bond acceptors (Lipinski definition) is 4. The van der Waals surface area contributed by atoms with Crippen molar-refractivity contribution in [2.75, 3.05) is 6.61 Å². The van der Waals surface area contributed by atoms with Gasteiger partial charge in [0.2, 0.25) is 0 Å². The summed E-state index contributed by atoms with van der Waals surface area (Å²) in [5.41, 5.74) is 0. The van der Waals surface area contributed by atoms with E-state index in [1.807, 2.05) is 0 Å². The van der Waals surface area contributed by atoms with E-state index in [9.17, 15) is 14.7 Å². The van der Waals surface area contributed by atoms with Crippen molar-refractivity contribution in [2.45, 2.75) is 129 Å². The van der Waals surface area contributed by atoms with Gasteiger partial charge in [-0.2, -0.15) is 0 Å². The number of unbranched alkanes of at least 4 members (excludes halogenated alkanes) is 13. The molecule has 0 aliphatic heterocycles. The number of carboxylic acids is 1. The number of carboxylic acid groups (broad SMARTS) is 1. The van der Waals surface area contributed by atoms with Gasteiger partial charge in [-0.3, -0.25) is 4.79 Å². The Morgan fingerprint density at radius 3 is 1.75 bits per heavy atom. The van der Waals surface area contributed by atoms with Crippen LogP contribution < -0.4 is 34.7 Å². The molecule has 1 fully saturated rings. The van der Waals surface area contributed by atoms with Gasteiger partial charge in [0.1, 0.15) is 0 Å². The molecule has 0 heterocycles. The number of aliphatic carboxylic acids is 1. The first-order valence-corrected chi connectivity index (χ1v) is 13.2. The molecule has 0 aromatic rings. The van der Waals surface area contributed by atoms with Crippen LogP contribution in [0.1, 0.15) is 129 Å². The monoisotopic (exact) mass is 458 g/mol. The van der Waals surface area contributed by atoms with Crippen molar-refractivity contribution in [3.05, 3.63) is 12.2 Å². The number of allylic oxidation sites excluding steroid dienone is 2. The van der Waals surface area contributed by atoms with Gasteiger partial charge in [0.25, 0.3) is 0 Å². The molecule has 5 heteroatoms. The molecule has 0 saturated heterocycles. The van der Waals surface area contributed by atoms with Crippen LogP contribution in [0, 0.1) is 11.8 Å². The molecular weight excluding hydrogens is 411 g/mol. The van der Waals surface area contributed by atoms with Gasteiger partial charge in [-0.25, -0.2) is 0 Å². The van der Waals surface area contributed by atoms with Crippen molar-refractivity contribution in [2.24, 2.45) is 11.8 Å². The van der Waals surface area contributed by atoms with Crippen LogP contribution in [0.2, 0.25) is 0 Å². The van der Waals surface area contributed by atoms with Crippen molar-refractivity contribution in [3.63, 3.8) is 0 Å². The fourth-order valence-electron chi connectivity index (χ4n) is 4.49. The molecule has 2 atom stereocenters. The molecule has 180 valence electrons. The van der Waals surface area contributed by atoms with Gasteiger partial charge in [0.15, 0.2) is 0 Å². The third-order valence-corrected chi connectivity index (χ3v) is 6.52. The molecule has 1 aliphatic carbocycles. The summed E-state index contributed by atoms with van der Waals surface area (Å²) in [7, 11) is 0. The Labute approximate surface area is 219 Å². The smallest absolute Gasteiger partial charge is 0.550 e. The Morgan fingerprint density at radius 2 is 1.22 bits per heavy atom. The van der Waals surface area contributed by atoms with Crippen LogP contribution in [0.3, 0.4) is 0 Å². The van der Waals surface area contributed by atoms with E-state index < -0.39 is 17.8 Å². The Kier molecular flexibility index (Phi) is 22.2. The molecule has 0 aromatic carbocycles. The van der Waals surface area contributed by atoms with Crippen LogP contribution in [0.15, 0.2) is 12.2 Å². The molecule has 0 spiro atoms. The first kappa shape index (κ1) is 31.7. The average Bonchev–Trinajstić information content (AvgIpc) is 2.78. The second-order valence-electron chi connectivity index (χ2n) is 9.28. The molecule has 0 amide bonds. The van der Waals surface area contributed by atoms with Gasteiger partial charge in [0, 0.05) is 11.9 Å². The molecule has 0 N–H and O–H groups in total. The minimum absolute atomic E-state index is 0. The van der Waals surface area contributed by atoms with E-state index in [2.05, 4.69) is 19.1 Å². The molecule has 2 unspecified atom stereocenters. The third kappa shape index (κ3) is 16.3. The zero-order valence-electron chi connectivity index (χ0n) is 21.1. The maximum atomic E-state index is 12.2. The van der Waals surface area contributed by atoms with Gasteiger partial charge in [-0.15, -0.1) is 0 Å². The molecule has 1 aliphatic rings. The SMILES string of the molecule is CCCC/C=C/CCCCCCCCCCCCCOC(=O)C1CCCCC1C(=O)[O-].[Na+]. The molecule has 0 bridgehead atoms. The van der Waals surface area contributed by atoms with Gasteiger partial charge in [-0.05, 0) is 38.5 Å². The predicted molar refractivity (Wildman–Crippen MR) is 125 cm³/mol. The molecule has 0 aromatic heterocycles. The van der Waals surface area contributed by atoms with Gasteiger partial charge >= 0.3 is 35.5 Å². The quantitative estimate of drug-likeness (QED) is 0.129. The molecule has 32 heavy (non-hydrogen) atoms. The minimum atomic E-state index is -1.10. The Morgan fingerprint density at radius 1 is 0.750 bits per heavy atom. The summed E-state index contributed by atoms with van der Waals surface area (Å²) in [6.45, 7) is 2.66. The molecule has 4 nitrogen and oxygen atoms in total. The molecule has 1 saturated carbocycles. The maximum absolute atomic E-state index is 12.2. The Hall–Kier alpha value is -0.320. The summed E-state index contributed by atoms with van der Waals surface area (Å²) in [5.74, 6) is -2.59. The summed E-state index contributed by atoms with van der Waals surface area (Å²) in [6.07, 6.45) is 26.5. The third-order valence-electron chi connectivity index (χ3n) is 6.52. The zero-order valence-corrected chi connectivity index (χ0v) is 23.1.